The van der Waals surface area contributed by atoms with E-state index in [1.807, 2.05) is 6.92 Å². The van der Waals surface area contributed by atoms with Gasteiger partial charge in [-0.3, -0.25) is 0 Å². The van der Waals surface area contributed by atoms with Crippen molar-refractivity contribution in [3.8, 4) is 5.75 Å². The van der Waals surface area contributed by atoms with Gasteiger partial charge in [0.05, 0.1) is 6.61 Å². The highest BCUT2D eigenvalue weighted by atomic mass is 16.5. The lowest BCUT2D eigenvalue weighted by Gasteiger charge is -2.26. The van der Waals surface area contributed by atoms with Gasteiger partial charge in [-0.15, -0.1) is 0 Å². The van der Waals surface area contributed by atoms with Crippen molar-refractivity contribution in [3.63, 3.8) is 0 Å². The fraction of sp³-hybridized carbons (Fsp3) is 0.333. The van der Waals surface area contributed by atoms with E-state index < -0.39 is 0 Å². The third-order valence-electron chi connectivity index (χ3n) is 3.94. The molecule has 0 fully saturated rings. The Hall–Kier alpha value is -1.76. The number of aryl methyl sites for hydroxylation is 1. The largest absolute Gasteiger partial charge is 0.494 e. The van der Waals surface area contributed by atoms with Gasteiger partial charge in [-0.25, -0.2) is 0 Å². The zero-order chi connectivity index (χ0) is 13.1. The minimum absolute atomic E-state index is 0.556. The molecule has 2 aromatic carbocycles. The van der Waals surface area contributed by atoms with Gasteiger partial charge in [0.2, 0.25) is 0 Å². The van der Waals surface area contributed by atoms with Gasteiger partial charge in [0, 0.05) is 5.92 Å². The fourth-order valence-electron chi connectivity index (χ4n) is 3.08. The Morgan fingerprint density at radius 3 is 2.74 bits per heavy atom. The Morgan fingerprint density at radius 2 is 1.95 bits per heavy atom. The fourth-order valence-corrected chi connectivity index (χ4v) is 3.08. The van der Waals surface area contributed by atoms with Crippen LogP contribution in [0.4, 0.5) is 0 Å². The Labute approximate surface area is 115 Å². The lowest BCUT2D eigenvalue weighted by atomic mass is 9.79. The predicted molar refractivity (Wildman–Crippen MR) is 78.8 cm³/mol. The lowest BCUT2D eigenvalue weighted by molar-refractivity contribution is 0.339. The van der Waals surface area contributed by atoms with Crippen molar-refractivity contribution in [3.05, 3.63) is 65.2 Å². The number of hydrogen-bond donors (Lipinski definition) is 0. The molecule has 1 aliphatic carbocycles. The van der Waals surface area contributed by atoms with Crippen LogP contribution in [-0.2, 0) is 6.42 Å². The molecule has 0 saturated heterocycles. The first kappa shape index (κ1) is 12.3. The highest BCUT2D eigenvalue weighted by molar-refractivity contribution is 5.43. The van der Waals surface area contributed by atoms with Gasteiger partial charge in [-0.05, 0) is 55.0 Å². The second-order valence-electron chi connectivity index (χ2n) is 5.15. The van der Waals surface area contributed by atoms with E-state index in [-0.39, 0.29) is 0 Å². The van der Waals surface area contributed by atoms with Crippen molar-refractivity contribution >= 4 is 0 Å². The van der Waals surface area contributed by atoms with Crippen LogP contribution in [-0.4, -0.2) is 6.61 Å². The van der Waals surface area contributed by atoms with Crippen LogP contribution < -0.4 is 4.74 Å². The van der Waals surface area contributed by atoms with E-state index in [9.17, 15) is 0 Å². The van der Waals surface area contributed by atoms with E-state index in [4.69, 9.17) is 4.74 Å². The topological polar surface area (TPSA) is 9.23 Å². The van der Waals surface area contributed by atoms with Crippen LogP contribution in [0.15, 0.2) is 48.5 Å². The molecule has 0 spiro atoms. The average molecular weight is 252 g/mol. The van der Waals surface area contributed by atoms with E-state index in [0.717, 1.165) is 12.4 Å². The minimum atomic E-state index is 0.556. The Balaban J connectivity index is 1.96. The molecule has 1 unspecified atom stereocenters. The molecule has 0 heterocycles. The van der Waals surface area contributed by atoms with E-state index in [1.54, 1.807) is 0 Å². The summed E-state index contributed by atoms with van der Waals surface area (Å²) in [6.07, 6.45) is 3.70. The molecule has 19 heavy (non-hydrogen) atoms. The Bertz CT molecular complexity index is 545. The van der Waals surface area contributed by atoms with E-state index >= 15 is 0 Å². The van der Waals surface area contributed by atoms with Crippen LogP contribution in [0.5, 0.6) is 5.75 Å². The van der Waals surface area contributed by atoms with Crippen LogP contribution in [0.25, 0.3) is 0 Å². The Morgan fingerprint density at radius 1 is 1.11 bits per heavy atom. The van der Waals surface area contributed by atoms with E-state index in [2.05, 4.69) is 48.5 Å². The van der Waals surface area contributed by atoms with Crippen molar-refractivity contribution in [2.24, 2.45) is 0 Å². The third-order valence-corrected chi connectivity index (χ3v) is 3.94. The monoisotopic (exact) mass is 252 g/mol. The highest BCUT2D eigenvalue weighted by Gasteiger charge is 2.21. The van der Waals surface area contributed by atoms with Crippen molar-refractivity contribution in [2.45, 2.75) is 32.1 Å². The van der Waals surface area contributed by atoms with Crippen molar-refractivity contribution in [1.82, 2.24) is 0 Å². The molecule has 0 N–H and O–H groups in total. The molecule has 3 rings (SSSR count). The summed E-state index contributed by atoms with van der Waals surface area (Å²) in [5.41, 5.74) is 4.39. The SMILES string of the molecule is CCOc1ccc2c(c1)CCCC2c1ccccc1. The van der Waals surface area contributed by atoms with Crippen LogP contribution >= 0.6 is 0 Å². The number of ether oxygens (including phenoxy) is 1. The van der Waals surface area contributed by atoms with Gasteiger partial charge in [-0.1, -0.05) is 36.4 Å². The maximum atomic E-state index is 5.61. The van der Waals surface area contributed by atoms with Crippen LogP contribution in [0, 0.1) is 0 Å². The van der Waals surface area contributed by atoms with E-state index in [0.29, 0.717) is 5.92 Å². The molecular formula is C18H20O. The van der Waals surface area contributed by atoms with Crippen LogP contribution in [0.1, 0.15) is 42.4 Å². The van der Waals surface area contributed by atoms with Gasteiger partial charge in [0.1, 0.15) is 5.75 Å². The van der Waals surface area contributed by atoms with Gasteiger partial charge in [-0.2, -0.15) is 0 Å². The molecular weight excluding hydrogens is 232 g/mol. The van der Waals surface area contributed by atoms with E-state index in [1.165, 1.54) is 36.0 Å². The standard InChI is InChI=1S/C18H20O/c1-2-19-16-11-12-18-15(13-16)9-6-10-17(18)14-7-4-3-5-8-14/h3-5,7-8,11-13,17H,2,6,9-10H2,1H3. The first-order chi connectivity index (χ1) is 9.38. The maximum Gasteiger partial charge on any atom is 0.119 e. The van der Waals surface area contributed by atoms with Crippen molar-refractivity contribution in [1.29, 1.82) is 0 Å². The average Bonchev–Trinajstić information content (AvgIpc) is 2.48. The maximum absolute atomic E-state index is 5.61. The van der Waals surface area contributed by atoms with Crippen LogP contribution in [0.3, 0.4) is 0 Å². The van der Waals surface area contributed by atoms with Crippen molar-refractivity contribution < 1.29 is 4.74 Å². The summed E-state index contributed by atoms with van der Waals surface area (Å²) in [6.45, 7) is 2.77. The minimum Gasteiger partial charge on any atom is -0.494 e. The van der Waals surface area contributed by atoms with Gasteiger partial charge >= 0.3 is 0 Å². The summed E-state index contributed by atoms with van der Waals surface area (Å²) >= 11 is 0. The zero-order valence-electron chi connectivity index (χ0n) is 11.4. The lowest BCUT2D eigenvalue weighted by Crippen LogP contribution is -2.11. The predicted octanol–water partition coefficient (Wildman–Crippen LogP) is 4.55. The summed E-state index contributed by atoms with van der Waals surface area (Å²) in [6, 6.07) is 17.5. The van der Waals surface area contributed by atoms with Gasteiger partial charge < -0.3 is 4.74 Å². The molecule has 2 aromatic rings. The Kier molecular flexibility index (Phi) is 3.54. The molecule has 1 atom stereocenters. The summed E-state index contributed by atoms with van der Waals surface area (Å²) in [5, 5.41) is 0. The number of rotatable bonds is 3. The summed E-state index contributed by atoms with van der Waals surface area (Å²) < 4.78 is 5.61. The first-order valence-corrected chi connectivity index (χ1v) is 7.19. The molecule has 0 bridgehead atoms. The highest BCUT2D eigenvalue weighted by Crippen LogP contribution is 2.37. The van der Waals surface area contributed by atoms with Crippen LogP contribution in [0.2, 0.25) is 0 Å². The smallest absolute Gasteiger partial charge is 0.119 e. The summed E-state index contributed by atoms with van der Waals surface area (Å²) in [7, 11) is 0. The van der Waals surface area contributed by atoms with Crippen molar-refractivity contribution in [2.75, 3.05) is 6.61 Å². The summed E-state index contributed by atoms with van der Waals surface area (Å²) in [5.74, 6) is 1.57. The molecule has 0 aliphatic heterocycles. The molecule has 1 heteroatoms. The quantitative estimate of drug-likeness (QED) is 0.778. The molecule has 0 radical (unpaired) electrons. The first-order valence-electron chi connectivity index (χ1n) is 7.19. The molecule has 0 amide bonds. The molecule has 1 aliphatic rings. The molecule has 1 nitrogen and oxygen atoms in total. The zero-order valence-corrected chi connectivity index (χ0v) is 11.4. The normalized spacial score (nSPS) is 17.8. The second kappa shape index (κ2) is 5.48. The number of hydrogen-bond acceptors (Lipinski definition) is 1. The van der Waals surface area contributed by atoms with Gasteiger partial charge in [0.25, 0.3) is 0 Å². The molecule has 0 aromatic heterocycles. The number of fused-ring (bicyclic) bond motifs is 1. The second-order valence-corrected chi connectivity index (χ2v) is 5.15. The molecule has 0 saturated carbocycles. The third kappa shape index (κ3) is 2.51. The molecule has 98 valence electrons. The summed E-state index contributed by atoms with van der Waals surface area (Å²) in [4.78, 5) is 0. The van der Waals surface area contributed by atoms with Gasteiger partial charge in [0.15, 0.2) is 0 Å². The number of benzene rings is 2.